The highest BCUT2D eigenvalue weighted by atomic mass is 35.5. The third-order valence-electron chi connectivity index (χ3n) is 3.90. The quantitative estimate of drug-likeness (QED) is 0.791. The molecule has 108 valence electrons. The number of H-pyrrole nitrogens is 1. The Balaban J connectivity index is 0.00000132. The van der Waals surface area contributed by atoms with Crippen LogP contribution in [0.25, 0.3) is 10.9 Å². The number of benzene rings is 1. The zero-order valence-corrected chi connectivity index (χ0v) is 12.4. The monoisotopic (exact) mass is 302 g/mol. The van der Waals surface area contributed by atoms with Crippen molar-refractivity contribution < 1.29 is 4.79 Å². The molecular formula is C15H15ClN4O. The van der Waals surface area contributed by atoms with Gasteiger partial charge in [-0.3, -0.25) is 4.79 Å². The molecule has 0 spiro atoms. The van der Waals surface area contributed by atoms with Crippen molar-refractivity contribution >= 4 is 29.2 Å². The molecule has 6 heteroatoms. The van der Waals surface area contributed by atoms with Crippen molar-refractivity contribution in [2.75, 3.05) is 0 Å². The van der Waals surface area contributed by atoms with E-state index < -0.39 is 0 Å². The minimum Gasteiger partial charge on any atom is -0.348 e. The number of nitrogens with zero attached hydrogens (tertiary/aromatic N) is 3. The Morgan fingerprint density at radius 2 is 2.14 bits per heavy atom. The molecule has 1 aliphatic rings. The molecule has 4 rings (SSSR count). The van der Waals surface area contributed by atoms with Crippen LogP contribution in [-0.2, 0) is 13.2 Å². The molecule has 3 aromatic rings. The van der Waals surface area contributed by atoms with Crippen molar-refractivity contribution in [1.29, 1.82) is 0 Å². The van der Waals surface area contributed by atoms with Gasteiger partial charge in [0, 0.05) is 11.1 Å². The van der Waals surface area contributed by atoms with Gasteiger partial charge in [-0.05, 0) is 19.1 Å². The minimum absolute atomic E-state index is 0. The molecule has 5 nitrogen and oxygen atoms in total. The molecule has 1 N–H and O–H groups in total. The Morgan fingerprint density at radius 3 is 2.90 bits per heavy atom. The topological polar surface area (TPSA) is 53.9 Å². The first-order valence-corrected chi connectivity index (χ1v) is 6.60. The first kappa shape index (κ1) is 13.7. The van der Waals surface area contributed by atoms with Crippen LogP contribution in [0.5, 0.6) is 0 Å². The summed E-state index contributed by atoms with van der Waals surface area (Å²) in [6.07, 6.45) is 1.67. The number of hydrogen-bond acceptors (Lipinski definition) is 2. The molecule has 0 unspecified atom stereocenters. The third kappa shape index (κ3) is 2.01. The summed E-state index contributed by atoms with van der Waals surface area (Å²) in [7, 11) is 0. The van der Waals surface area contributed by atoms with E-state index in [-0.39, 0.29) is 18.3 Å². The maximum atomic E-state index is 12.5. The molecule has 1 aromatic carbocycles. The number of hydrogen-bond donors (Lipinski definition) is 1. The highest BCUT2D eigenvalue weighted by Crippen LogP contribution is 2.27. The van der Waals surface area contributed by atoms with Crippen LogP contribution in [0.15, 0.2) is 36.7 Å². The number of carbonyl (C=O) groups is 1. The van der Waals surface area contributed by atoms with E-state index in [0.717, 1.165) is 28.0 Å². The van der Waals surface area contributed by atoms with Crippen molar-refractivity contribution in [2.24, 2.45) is 0 Å². The van der Waals surface area contributed by atoms with E-state index in [0.29, 0.717) is 13.2 Å². The predicted octanol–water partition coefficient (Wildman–Crippen LogP) is 2.71. The fourth-order valence-corrected chi connectivity index (χ4v) is 2.79. The fraction of sp³-hybridized carbons (Fsp3) is 0.200. The standard InChI is InChI=1S/C15H14N4O.ClH/c1-10-12(17-8-16-10)7-18-9-19-13-5-3-2-4-11(13)6-14(19)15(18)20;/h2-6,8H,7,9H2,1H3,(H,16,17);1H. The van der Waals surface area contributed by atoms with Gasteiger partial charge < -0.3 is 14.5 Å². The van der Waals surface area contributed by atoms with Gasteiger partial charge in [-0.1, -0.05) is 18.2 Å². The van der Waals surface area contributed by atoms with E-state index >= 15 is 0 Å². The molecule has 21 heavy (non-hydrogen) atoms. The predicted molar refractivity (Wildman–Crippen MR) is 82.4 cm³/mol. The third-order valence-corrected chi connectivity index (χ3v) is 3.90. The summed E-state index contributed by atoms with van der Waals surface area (Å²) in [5.41, 5.74) is 3.81. The minimum atomic E-state index is 0. The summed E-state index contributed by atoms with van der Waals surface area (Å²) in [6, 6.07) is 10.1. The zero-order valence-electron chi connectivity index (χ0n) is 11.5. The van der Waals surface area contributed by atoms with Gasteiger partial charge in [0.2, 0.25) is 0 Å². The number of carbonyl (C=O) groups excluding carboxylic acids is 1. The highest BCUT2D eigenvalue weighted by Gasteiger charge is 2.29. The summed E-state index contributed by atoms with van der Waals surface area (Å²) in [4.78, 5) is 21.6. The van der Waals surface area contributed by atoms with Gasteiger partial charge in [0.1, 0.15) is 5.69 Å². The first-order chi connectivity index (χ1) is 9.74. The molecule has 1 aliphatic heterocycles. The largest absolute Gasteiger partial charge is 0.348 e. The number of halogens is 1. The van der Waals surface area contributed by atoms with Crippen molar-refractivity contribution in [3.05, 3.63) is 53.7 Å². The van der Waals surface area contributed by atoms with Crippen LogP contribution in [0.1, 0.15) is 21.9 Å². The molecule has 0 fully saturated rings. The summed E-state index contributed by atoms with van der Waals surface area (Å²) < 4.78 is 2.07. The van der Waals surface area contributed by atoms with Crippen molar-refractivity contribution in [1.82, 2.24) is 19.4 Å². The van der Waals surface area contributed by atoms with E-state index in [1.54, 1.807) is 6.33 Å². The van der Waals surface area contributed by atoms with Crippen LogP contribution >= 0.6 is 12.4 Å². The number of imidazole rings is 1. The molecule has 0 atom stereocenters. The highest BCUT2D eigenvalue weighted by molar-refractivity contribution is 6.00. The summed E-state index contributed by atoms with van der Waals surface area (Å²) in [6.45, 7) is 3.11. The van der Waals surface area contributed by atoms with E-state index in [2.05, 4.69) is 20.6 Å². The van der Waals surface area contributed by atoms with E-state index in [1.165, 1.54) is 0 Å². The maximum absolute atomic E-state index is 12.5. The normalized spacial score (nSPS) is 13.6. The average molecular weight is 303 g/mol. The number of aryl methyl sites for hydroxylation is 1. The maximum Gasteiger partial charge on any atom is 0.272 e. The van der Waals surface area contributed by atoms with Gasteiger partial charge in [-0.2, -0.15) is 0 Å². The first-order valence-electron chi connectivity index (χ1n) is 6.60. The molecule has 0 saturated carbocycles. The number of nitrogens with one attached hydrogen (secondary N) is 1. The Hall–Kier alpha value is -2.27. The van der Waals surface area contributed by atoms with E-state index in [1.807, 2.05) is 36.1 Å². The lowest BCUT2D eigenvalue weighted by atomic mass is 10.2. The second-order valence-corrected chi connectivity index (χ2v) is 5.14. The molecule has 2 aromatic heterocycles. The van der Waals surface area contributed by atoms with Crippen LogP contribution in [0.2, 0.25) is 0 Å². The number of rotatable bonds is 2. The number of amides is 1. The Labute approximate surface area is 128 Å². The lowest BCUT2D eigenvalue weighted by Gasteiger charge is -2.14. The molecule has 0 aliphatic carbocycles. The molecule has 1 amide bonds. The second kappa shape index (κ2) is 4.93. The van der Waals surface area contributed by atoms with Crippen LogP contribution in [-0.4, -0.2) is 25.3 Å². The Bertz CT molecular complexity index is 820. The van der Waals surface area contributed by atoms with Crippen molar-refractivity contribution in [2.45, 2.75) is 20.1 Å². The number of para-hydroxylation sites is 1. The van der Waals surface area contributed by atoms with Crippen LogP contribution < -0.4 is 0 Å². The fourth-order valence-electron chi connectivity index (χ4n) is 2.79. The molecule has 0 radical (unpaired) electrons. The van der Waals surface area contributed by atoms with Gasteiger partial charge in [0.25, 0.3) is 5.91 Å². The van der Waals surface area contributed by atoms with Gasteiger partial charge in [-0.15, -0.1) is 12.4 Å². The SMILES string of the molecule is Cc1[nH]cnc1CN1Cn2c(cc3ccccc32)C1=O.Cl. The molecular weight excluding hydrogens is 288 g/mol. The van der Waals surface area contributed by atoms with Gasteiger partial charge in [0.05, 0.1) is 30.8 Å². The number of fused-ring (bicyclic) bond motifs is 3. The number of aromatic nitrogens is 3. The van der Waals surface area contributed by atoms with E-state index in [9.17, 15) is 4.79 Å². The Kier molecular flexibility index (Phi) is 3.22. The van der Waals surface area contributed by atoms with Crippen molar-refractivity contribution in [3.63, 3.8) is 0 Å². The molecule has 0 bridgehead atoms. The van der Waals surface area contributed by atoms with E-state index in [4.69, 9.17) is 0 Å². The summed E-state index contributed by atoms with van der Waals surface area (Å²) in [5, 5.41) is 1.12. The van der Waals surface area contributed by atoms with Gasteiger partial charge >= 0.3 is 0 Å². The van der Waals surface area contributed by atoms with Gasteiger partial charge in [0.15, 0.2) is 0 Å². The van der Waals surface area contributed by atoms with Crippen LogP contribution in [0.3, 0.4) is 0 Å². The van der Waals surface area contributed by atoms with Crippen LogP contribution in [0.4, 0.5) is 0 Å². The zero-order chi connectivity index (χ0) is 13.7. The molecule has 0 saturated heterocycles. The van der Waals surface area contributed by atoms with Crippen molar-refractivity contribution in [3.8, 4) is 0 Å². The smallest absolute Gasteiger partial charge is 0.272 e. The van der Waals surface area contributed by atoms with Gasteiger partial charge in [-0.25, -0.2) is 4.98 Å². The van der Waals surface area contributed by atoms with Crippen LogP contribution in [0, 0.1) is 6.92 Å². The lowest BCUT2D eigenvalue weighted by Crippen LogP contribution is -2.24. The summed E-state index contributed by atoms with van der Waals surface area (Å²) >= 11 is 0. The second-order valence-electron chi connectivity index (χ2n) is 5.14. The Morgan fingerprint density at radius 1 is 1.33 bits per heavy atom. The lowest BCUT2D eigenvalue weighted by molar-refractivity contribution is 0.0755. The average Bonchev–Trinajstić information content (AvgIpc) is 3.09. The number of aromatic amines is 1. The summed E-state index contributed by atoms with van der Waals surface area (Å²) in [5.74, 6) is 0.0728. The molecule has 3 heterocycles.